The van der Waals surface area contributed by atoms with Crippen LogP contribution < -0.4 is 5.32 Å². The molecule has 0 bridgehead atoms. The van der Waals surface area contributed by atoms with Crippen molar-refractivity contribution in [2.45, 2.75) is 39.0 Å². The van der Waals surface area contributed by atoms with E-state index in [1.807, 2.05) is 0 Å². The van der Waals surface area contributed by atoms with Crippen LogP contribution in [0.15, 0.2) is 12.2 Å². The monoisotopic (exact) mass is 617 g/mol. The fraction of sp³-hybridized carbons (Fsp3) is 0.562. The summed E-state index contributed by atoms with van der Waals surface area (Å²) >= 11 is 0. The average molecular weight is 618 g/mol. The number of amides is 3. The SMILES string of the molecule is CC(=O)O.O=C(O)CO.O=C(O)NCCCCCCCN1C(=O)C=CC1=O.[NH2-].[NH2-].[Pt+2]. The zero-order chi connectivity index (χ0) is 21.2. The first-order valence-corrected chi connectivity index (χ1v) is 8.14. The van der Waals surface area contributed by atoms with Crippen molar-refractivity contribution in [1.82, 2.24) is 10.2 Å². The third-order valence-corrected chi connectivity index (χ3v) is 2.87. The smallest absolute Gasteiger partial charge is 0.693 e. The van der Waals surface area contributed by atoms with Crippen molar-refractivity contribution < 1.29 is 65.5 Å². The Labute approximate surface area is 188 Å². The molecule has 0 aromatic heterocycles. The van der Waals surface area contributed by atoms with Gasteiger partial charge in [-0.15, -0.1) is 0 Å². The molecule has 0 aromatic carbocycles. The number of nitrogens with two attached hydrogens (primary N) is 2. The molecule has 0 unspecified atom stereocenters. The summed E-state index contributed by atoms with van der Waals surface area (Å²) < 4.78 is 0. The van der Waals surface area contributed by atoms with Crippen LogP contribution >= 0.6 is 0 Å². The molecule has 1 aliphatic rings. The third-order valence-electron chi connectivity index (χ3n) is 2.87. The quantitative estimate of drug-likeness (QED) is 0.186. The van der Waals surface area contributed by atoms with Crippen molar-refractivity contribution in [1.29, 1.82) is 0 Å². The number of hydrogen-bond donors (Lipinski definition) is 5. The van der Waals surface area contributed by atoms with E-state index in [-0.39, 0.29) is 45.2 Å². The number of nitrogens with one attached hydrogen (secondary N) is 1. The number of aliphatic carboxylic acids is 2. The molecule has 0 aliphatic carbocycles. The second kappa shape index (κ2) is 24.7. The summed E-state index contributed by atoms with van der Waals surface area (Å²) in [6.07, 6.45) is 6.06. The molecule has 0 atom stereocenters. The predicted octanol–water partition coefficient (Wildman–Crippen LogP) is 1.72. The molecule has 0 radical (unpaired) electrons. The molecule has 0 fully saturated rings. The number of aliphatic hydroxyl groups is 1. The van der Waals surface area contributed by atoms with Crippen LogP contribution in [0.2, 0.25) is 0 Å². The van der Waals surface area contributed by atoms with Crippen molar-refractivity contribution in [2.24, 2.45) is 0 Å². The number of carbonyl (C=O) groups excluding carboxylic acids is 2. The number of nitrogens with zero attached hydrogens (tertiary/aromatic N) is 1. The number of carboxylic acid groups (broad SMARTS) is 3. The fourth-order valence-corrected chi connectivity index (χ4v) is 1.77. The van der Waals surface area contributed by atoms with Crippen molar-refractivity contribution >= 4 is 29.8 Å². The Morgan fingerprint density at radius 1 is 0.900 bits per heavy atom. The number of rotatable bonds is 9. The van der Waals surface area contributed by atoms with Crippen molar-refractivity contribution in [3.05, 3.63) is 24.5 Å². The molecule has 178 valence electrons. The summed E-state index contributed by atoms with van der Waals surface area (Å²) in [6.45, 7) is 1.25. The molecule has 0 saturated heterocycles. The van der Waals surface area contributed by atoms with E-state index in [0.29, 0.717) is 13.1 Å². The van der Waals surface area contributed by atoms with E-state index in [1.165, 1.54) is 17.1 Å². The first-order chi connectivity index (χ1) is 12.6. The van der Waals surface area contributed by atoms with Gasteiger partial charge in [0.2, 0.25) is 0 Å². The zero-order valence-electron chi connectivity index (χ0n) is 16.6. The van der Waals surface area contributed by atoms with Gasteiger partial charge in [0.05, 0.1) is 0 Å². The van der Waals surface area contributed by atoms with Gasteiger partial charge in [0.1, 0.15) is 6.61 Å². The Kier molecular flexibility index (Phi) is 31.5. The minimum Gasteiger partial charge on any atom is -0.693 e. The van der Waals surface area contributed by atoms with Gasteiger partial charge in [0.25, 0.3) is 17.8 Å². The molecule has 1 rings (SSSR count). The maximum Gasteiger partial charge on any atom is 2.00 e. The van der Waals surface area contributed by atoms with E-state index < -0.39 is 24.6 Å². The van der Waals surface area contributed by atoms with E-state index in [4.69, 9.17) is 30.0 Å². The number of hydrogen-bond acceptors (Lipinski definition) is 6. The summed E-state index contributed by atoms with van der Waals surface area (Å²) in [4.78, 5) is 51.9. The standard InChI is InChI=1S/C12H18N2O4.C2H4O3.C2H4O2.2H2N.Pt/c15-10-6-7-11(16)14(10)9-5-3-1-2-4-8-13-12(17)18;3-1-2(4)5;1-2(3)4;;;/h6-7,13H,1-5,8-9H2,(H,17,18);3H,1H2,(H,4,5);1H3,(H,3,4);2*1H2;/q;;;2*-1;+2. The summed E-state index contributed by atoms with van der Waals surface area (Å²) in [5.41, 5.74) is 0. The van der Waals surface area contributed by atoms with Gasteiger partial charge in [-0.3, -0.25) is 19.3 Å². The van der Waals surface area contributed by atoms with Gasteiger partial charge in [-0.1, -0.05) is 19.3 Å². The van der Waals surface area contributed by atoms with Gasteiger partial charge in [-0.25, -0.2) is 9.59 Å². The number of carboxylic acids is 2. The zero-order valence-corrected chi connectivity index (χ0v) is 18.8. The molecule has 9 N–H and O–H groups in total. The van der Waals surface area contributed by atoms with Crippen LogP contribution in [0.3, 0.4) is 0 Å². The summed E-state index contributed by atoms with van der Waals surface area (Å²) in [5, 5.41) is 33.1. The van der Waals surface area contributed by atoms with E-state index in [2.05, 4.69) is 5.32 Å². The fourth-order valence-electron chi connectivity index (χ4n) is 1.77. The molecule has 0 saturated carbocycles. The maximum atomic E-state index is 11.2. The number of imide groups is 1. The molecule has 1 heterocycles. The molecule has 30 heavy (non-hydrogen) atoms. The molecular weight excluding hydrogens is 587 g/mol. The first-order valence-electron chi connectivity index (χ1n) is 8.14. The van der Waals surface area contributed by atoms with Gasteiger partial charge in [0.15, 0.2) is 0 Å². The van der Waals surface area contributed by atoms with Crippen LogP contribution in [0.1, 0.15) is 39.0 Å². The Balaban J connectivity index is -0.000000148. The van der Waals surface area contributed by atoms with Crippen LogP contribution in [-0.2, 0) is 40.2 Å². The van der Waals surface area contributed by atoms with Crippen molar-refractivity contribution in [2.75, 3.05) is 19.7 Å². The first kappa shape index (κ1) is 38.3. The third kappa shape index (κ3) is 27.9. The minimum atomic E-state index is -1.19. The summed E-state index contributed by atoms with van der Waals surface area (Å²) in [5.74, 6) is -2.48. The average Bonchev–Trinajstić information content (AvgIpc) is 2.88. The Hall–Kier alpha value is -2.34. The van der Waals surface area contributed by atoms with Crippen LogP contribution in [0.25, 0.3) is 12.3 Å². The van der Waals surface area contributed by atoms with Gasteiger partial charge < -0.3 is 38.0 Å². The topological polar surface area (TPSA) is 249 Å². The van der Waals surface area contributed by atoms with Gasteiger partial charge in [-0.05, 0) is 12.8 Å². The van der Waals surface area contributed by atoms with Crippen LogP contribution in [0.5, 0.6) is 0 Å². The maximum absolute atomic E-state index is 11.2. The van der Waals surface area contributed by atoms with Gasteiger partial charge >= 0.3 is 33.1 Å². The predicted molar refractivity (Wildman–Crippen MR) is 104 cm³/mol. The summed E-state index contributed by atoms with van der Waals surface area (Å²) in [7, 11) is 0. The van der Waals surface area contributed by atoms with E-state index in [1.54, 1.807) is 0 Å². The molecule has 0 spiro atoms. The van der Waals surface area contributed by atoms with Gasteiger partial charge in [-0.2, -0.15) is 0 Å². The van der Waals surface area contributed by atoms with Crippen molar-refractivity contribution in [3.8, 4) is 0 Å². The molecule has 13 nitrogen and oxygen atoms in total. The van der Waals surface area contributed by atoms with E-state index >= 15 is 0 Å². The minimum absolute atomic E-state index is 0. The second-order valence-corrected chi connectivity index (χ2v) is 5.23. The number of unbranched alkanes of at least 4 members (excludes halogenated alkanes) is 4. The Bertz CT molecular complexity index is 523. The van der Waals surface area contributed by atoms with E-state index in [9.17, 15) is 14.4 Å². The molecule has 14 heteroatoms. The second-order valence-electron chi connectivity index (χ2n) is 5.23. The molecule has 1 aliphatic heterocycles. The number of aliphatic hydroxyl groups excluding tert-OH is 1. The number of carbonyl (C=O) groups is 5. The molecule has 0 aromatic rings. The Morgan fingerprint density at radius 3 is 1.63 bits per heavy atom. The van der Waals surface area contributed by atoms with Crippen molar-refractivity contribution in [3.63, 3.8) is 0 Å². The summed E-state index contributed by atoms with van der Waals surface area (Å²) in [6, 6.07) is 0. The molecule has 3 amide bonds. The largest absolute Gasteiger partial charge is 2.00 e. The van der Waals surface area contributed by atoms with Crippen LogP contribution in [0, 0.1) is 0 Å². The van der Waals surface area contributed by atoms with Crippen LogP contribution in [-0.4, -0.2) is 74.9 Å². The normalized spacial score (nSPS) is 10.7. The van der Waals surface area contributed by atoms with E-state index in [0.717, 1.165) is 39.0 Å². The molecular formula is C16H30N4O9Pt. The van der Waals surface area contributed by atoms with Crippen LogP contribution in [0.4, 0.5) is 4.79 Å². The Morgan fingerprint density at radius 2 is 1.27 bits per heavy atom. The van der Waals surface area contributed by atoms with Gasteiger partial charge in [0, 0.05) is 32.2 Å².